The maximum absolute atomic E-state index is 6.01. The van der Waals surface area contributed by atoms with Gasteiger partial charge < -0.3 is 4.74 Å². The Balaban J connectivity index is 1.49. The van der Waals surface area contributed by atoms with Crippen LogP contribution in [0.4, 0.5) is 0 Å². The molecule has 0 N–H and O–H groups in total. The van der Waals surface area contributed by atoms with Crippen LogP contribution in [-0.2, 0) is 13.6 Å². The fourth-order valence-electron chi connectivity index (χ4n) is 2.68. The second-order valence-electron chi connectivity index (χ2n) is 5.49. The van der Waals surface area contributed by atoms with E-state index in [0.717, 1.165) is 43.2 Å². The van der Waals surface area contributed by atoms with Gasteiger partial charge in [0.2, 0.25) is 0 Å². The van der Waals surface area contributed by atoms with Crippen molar-refractivity contribution in [1.29, 1.82) is 0 Å². The van der Waals surface area contributed by atoms with Crippen molar-refractivity contribution >= 4 is 11.6 Å². The number of likely N-dealkylation sites (tertiary alicyclic amines) is 1. The number of piperidine rings is 1. The van der Waals surface area contributed by atoms with Crippen molar-refractivity contribution in [3.05, 3.63) is 47.2 Å². The minimum atomic E-state index is 0.300. The fourth-order valence-corrected chi connectivity index (χ4v) is 2.80. The van der Waals surface area contributed by atoms with Crippen molar-refractivity contribution in [2.24, 2.45) is 7.05 Å². The smallest absolute Gasteiger partial charge is 0.119 e. The van der Waals surface area contributed by atoms with E-state index in [1.165, 1.54) is 5.69 Å². The van der Waals surface area contributed by atoms with Crippen LogP contribution in [0.5, 0.6) is 5.75 Å². The lowest BCUT2D eigenvalue weighted by Crippen LogP contribution is -2.38. The summed E-state index contributed by atoms with van der Waals surface area (Å²) in [4.78, 5) is 2.46. The summed E-state index contributed by atoms with van der Waals surface area (Å²) in [6.07, 6.45) is 4.26. The lowest BCUT2D eigenvalue weighted by Gasteiger charge is -2.32. The monoisotopic (exact) mass is 305 g/mol. The summed E-state index contributed by atoms with van der Waals surface area (Å²) in [5.41, 5.74) is 1.26. The largest absolute Gasteiger partial charge is 0.490 e. The van der Waals surface area contributed by atoms with Crippen LogP contribution >= 0.6 is 11.6 Å². The molecule has 2 aromatic rings. The highest BCUT2D eigenvalue weighted by molar-refractivity contribution is 6.30. The van der Waals surface area contributed by atoms with Crippen LogP contribution < -0.4 is 4.74 Å². The number of halogens is 1. The second kappa shape index (κ2) is 6.50. The first-order valence-corrected chi connectivity index (χ1v) is 7.70. The maximum atomic E-state index is 6.01. The molecule has 0 unspecified atom stereocenters. The Labute approximate surface area is 130 Å². The van der Waals surface area contributed by atoms with Crippen molar-refractivity contribution in [2.75, 3.05) is 13.1 Å². The van der Waals surface area contributed by atoms with Crippen molar-refractivity contribution < 1.29 is 4.74 Å². The van der Waals surface area contributed by atoms with E-state index in [0.29, 0.717) is 6.10 Å². The summed E-state index contributed by atoms with van der Waals surface area (Å²) in [5.74, 6) is 0.907. The Morgan fingerprint density at radius 2 is 1.90 bits per heavy atom. The molecular weight excluding hydrogens is 286 g/mol. The second-order valence-corrected chi connectivity index (χ2v) is 5.93. The number of hydrogen-bond donors (Lipinski definition) is 0. The van der Waals surface area contributed by atoms with E-state index in [1.807, 2.05) is 42.2 Å². The van der Waals surface area contributed by atoms with E-state index in [4.69, 9.17) is 16.3 Å². The molecule has 0 radical (unpaired) electrons. The summed E-state index contributed by atoms with van der Waals surface area (Å²) in [7, 11) is 1.99. The maximum Gasteiger partial charge on any atom is 0.119 e. The van der Waals surface area contributed by atoms with Crippen LogP contribution in [0.2, 0.25) is 5.02 Å². The third-order valence-corrected chi connectivity index (χ3v) is 4.21. The normalized spacial score (nSPS) is 17.0. The topological polar surface area (TPSA) is 30.3 Å². The SMILES string of the molecule is Cn1nccc1CN1CCC(Oc2ccc(Cl)cc2)CC1. The van der Waals surface area contributed by atoms with Gasteiger partial charge in [0.15, 0.2) is 0 Å². The van der Waals surface area contributed by atoms with Crippen molar-refractivity contribution in [2.45, 2.75) is 25.5 Å². The molecule has 0 aliphatic carbocycles. The highest BCUT2D eigenvalue weighted by atomic mass is 35.5. The molecule has 0 spiro atoms. The van der Waals surface area contributed by atoms with E-state index >= 15 is 0 Å². The van der Waals surface area contributed by atoms with Crippen LogP contribution in [0.25, 0.3) is 0 Å². The van der Waals surface area contributed by atoms with Gasteiger partial charge in [-0.25, -0.2) is 0 Å². The molecule has 1 aliphatic heterocycles. The van der Waals surface area contributed by atoms with Gasteiger partial charge in [0.1, 0.15) is 11.9 Å². The van der Waals surface area contributed by atoms with E-state index in [2.05, 4.69) is 16.1 Å². The van der Waals surface area contributed by atoms with Gasteiger partial charge >= 0.3 is 0 Å². The minimum Gasteiger partial charge on any atom is -0.490 e. The van der Waals surface area contributed by atoms with Gasteiger partial charge in [-0.2, -0.15) is 5.10 Å². The van der Waals surface area contributed by atoms with Gasteiger partial charge in [-0.1, -0.05) is 11.6 Å². The average Bonchev–Trinajstić information content (AvgIpc) is 2.89. The number of hydrogen-bond acceptors (Lipinski definition) is 3. The van der Waals surface area contributed by atoms with E-state index in [1.54, 1.807) is 0 Å². The van der Waals surface area contributed by atoms with Crippen molar-refractivity contribution in [1.82, 2.24) is 14.7 Å². The molecule has 1 aliphatic rings. The van der Waals surface area contributed by atoms with Crippen LogP contribution in [-0.4, -0.2) is 33.9 Å². The highest BCUT2D eigenvalue weighted by Crippen LogP contribution is 2.21. The molecule has 2 heterocycles. The Morgan fingerprint density at radius 1 is 1.19 bits per heavy atom. The fraction of sp³-hybridized carbons (Fsp3) is 0.438. The molecule has 5 heteroatoms. The van der Waals surface area contributed by atoms with E-state index in [9.17, 15) is 0 Å². The Morgan fingerprint density at radius 3 is 2.52 bits per heavy atom. The third-order valence-electron chi connectivity index (χ3n) is 3.96. The molecule has 4 nitrogen and oxygen atoms in total. The van der Waals surface area contributed by atoms with Crippen LogP contribution in [0, 0.1) is 0 Å². The quantitative estimate of drug-likeness (QED) is 0.869. The first-order valence-electron chi connectivity index (χ1n) is 7.32. The number of ether oxygens (including phenoxy) is 1. The summed E-state index contributed by atoms with van der Waals surface area (Å²) in [5, 5.41) is 4.96. The van der Waals surface area contributed by atoms with Crippen LogP contribution in [0.3, 0.4) is 0 Å². The number of benzene rings is 1. The summed E-state index contributed by atoms with van der Waals surface area (Å²) >= 11 is 5.88. The molecule has 0 atom stereocenters. The van der Waals surface area contributed by atoms with E-state index in [-0.39, 0.29) is 0 Å². The van der Waals surface area contributed by atoms with Gasteiger partial charge in [0.25, 0.3) is 0 Å². The zero-order valence-corrected chi connectivity index (χ0v) is 13.0. The minimum absolute atomic E-state index is 0.300. The molecule has 1 fully saturated rings. The molecule has 1 aromatic heterocycles. The molecule has 0 bridgehead atoms. The Hall–Kier alpha value is -1.52. The van der Waals surface area contributed by atoms with Crippen LogP contribution in [0.15, 0.2) is 36.5 Å². The van der Waals surface area contributed by atoms with Gasteiger partial charge in [0.05, 0.1) is 5.69 Å². The van der Waals surface area contributed by atoms with Gasteiger partial charge in [-0.05, 0) is 43.2 Å². The van der Waals surface area contributed by atoms with Crippen molar-refractivity contribution in [3.63, 3.8) is 0 Å². The molecule has 0 saturated carbocycles. The summed E-state index contributed by atoms with van der Waals surface area (Å²) in [6.45, 7) is 3.08. The lowest BCUT2D eigenvalue weighted by atomic mass is 10.1. The third kappa shape index (κ3) is 3.77. The number of aryl methyl sites for hydroxylation is 1. The summed E-state index contributed by atoms with van der Waals surface area (Å²) in [6, 6.07) is 9.69. The Bertz CT molecular complexity index is 573. The molecular formula is C16H20ClN3O. The van der Waals surface area contributed by atoms with Crippen LogP contribution in [0.1, 0.15) is 18.5 Å². The molecule has 3 rings (SSSR count). The molecule has 112 valence electrons. The molecule has 0 amide bonds. The van der Waals surface area contributed by atoms with Gasteiger partial charge in [-0.15, -0.1) is 0 Å². The zero-order valence-electron chi connectivity index (χ0n) is 12.2. The average molecular weight is 306 g/mol. The predicted molar refractivity (Wildman–Crippen MR) is 83.6 cm³/mol. The molecule has 1 saturated heterocycles. The first kappa shape index (κ1) is 14.4. The standard InChI is InChI=1S/C16H20ClN3O/c1-19-14(6-9-18-19)12-20-10-7-16(8-11-20)21-15-4-2-13(17)3-5-15/h2-6,9,16H,7-8,10-12H2,1H3. The van der Waals surface area contributed by atoms with Gasteiger partial charge in [-0.3, -0.25) is 9.58 Å². The molecule has 21 heavy (non-hydrogen) atoms. The zero-order chi connectivity index (χ0) is 14.7. The van der Waals surface area contributed by atoms with Gasteiger partial charge in [0, 0.05) is 37.9 Å². The highest BCUT2D eigenvalue weighted by Gasteiger charge is 2.21. The summed E-state index contributed by atoms with van der Waals surface area (Å²) < 4.78 is 7.96. The van der Waals surface area contributed by atoms with Crippen molar-refractivity contribution in [3.8, 4) is 5.75 Å². The number of aromatic nitrogens is 2. The van der Waals surface area contributed by atoms with E-state index < -0.39 is 0 Å². The molecule has 1 aromatic carbocycles. The Kier molecular flexibility index (Phi) is 4.46. The number of rotatable bonds is 4. The lowest BCUT2D eigenvalue weighted by molar-refractivity contribution is 0.0955. The first-order chi connectivity index (χ1) is 10.2. The predicted octanol–water partition coefficient (Wildman–Crippen LogP) is 3.12. The number of nitrogens with zero attached hydrogens (tertiary/aromatic N) is 3.